The van der Waals surface area contributed by atoms with Crippen LogP contribution in [0, 0.1) is 11.8 Å². The first-order chi connectivity index (χ1) is 6.29. The molecule has 0 atom stereocenters. The molecule has 0 heterocycles. The zero-order valence-corrected chi connectivity index (χ0v) is 8.77. The lowest BCUT2D eigenvalue weighted by molar-refractivity contribution is 0.463. The average molecular weight is 177 g/mol. The van der Waals surface area contributed by atoms with Crippen LogP contribution in [0.2, 0.25) is 0 Å². The molecule has 0 N–H and O–H groups in total. The zero-order valence-electron chi connectivity index (χ0n) is 8.77. The number of hydrogen-bond acceptors (Lipinski definition) is 1. The van der Waals surface area contributed by atoms with Gasteiger partial charge in [0.25, 0.3) is 0 Å². The Bertz CT molecular complexity index is 227. The van der Waals surface area contributed by atoms with Crippen molar-refractivity contribution in [2.24, 2.45) is 0 Å². The average Bonchev–Trinajstić information content (AvgIpc) is 2.14. The van der Waals surface area contributed by atoms with E-state index >= 15 is 0 Å². The largest absolute Gasteiger partial charge is 0.299 e. The van der Waals surface area contributed by atoms with Crippen molar-refractivity contribution >= 4 is 0 Å². The Hall–Kier alpha value is -0.740. The summed E-state index contributed by atoms with van der Waals surface area (Å²) in [5.74, 6) is 6.39. The van der Waals surface area contributed by atoms with Gasteiger partial charge in [-0.15, -0.1) is 0 Å². The Balaban J connectivity index is 2.23. The summed E-state index contributed by atoms with van der Waals surface area (Å²) in [6.45, 7) is 0.882. The Morgan fingerprint density at radius 2 is 2.15 bits per heavy atom. The predicted molar refractivity (Wildman–Crippen MR) is 57.5 cm³/mol. The molecule has 0 amide bonds. The van der Waals surface area contributed by atoms with Gasteiger partial charge >= 0.3 is 0 Å². The number of rotatable bonds is 2. The molecule has 0 saturated carbocycles. The molecule has 1 nitrogen and oxygen atoms in total. The van der Waals surface area contributed by atoms with E-state index < -0.39 is 0 Å². The highest BCUT2D eigenvalue weighted by Gasteiger charge is 2.00. The van der Waals surface area contributed by atoms with E-state index in [1.165, 1.54) is 25.7 Å². The summed E-state index contributed by atoms with van der Waals surface area (Å²) in [5.41, 5.74) is 1.55. The molecule has 0 spiro atoms. The first kappa shape index (κ1) is 10.3. The molecule has 0 radical (unpaired) electrons. The molecule has 0 aromatic rings. The van der Waals surface area contributed by atoms with E-state index in [1.807, 2.05) is 0 Å². The summed E-state index contributed by atoms with van der Waals surface area (Å²) < 4.78 is 0. The van der Waals surface area contributed by atoms with E-state index in [2.05, 4.69) is 36.9 Å². The monoisotopic (exact) mass is 177 g/mol. The van der Waals surface area contributed by atoms with Gasteiger partial charge in [-0.05, 0) is 39.8 Å². The van der Waals surface area contributed by atoms with Gasteiger partial charge in [0.05, 0.1) is 6.54 Å². The molecule has 0 saturated heterocycles. The van der Waals surface area contributed by atoms with Crippen molar-refractivity contribution in [3.8, 4) is 11.8 Å². The molecule has 0 aromatic carbocycles. The fourth-order valence-electron chi connectivity index (χ4n) is 1.46. The molecule has 0 aliphatic heterocycles. The summed E-state index contributed by atoms with van der Waals surface area (Å²) >= 11 is 0. The van der Waals surface area contributed by atoms with Gasteiger partial charge in [-0.25, -0.2) is 0 Å². The molecule has 13 heavy (non-hydrogen) atoms. The molecule has 0 aromatic heterocycles. The van der Waals surface area contributed by atoms with Crippen LogP contribution < -0.4 is 0 Å². The minimum Gasteiger partial charge on any atom is -0.299 e. The van der Waals surface area contributed by atoms with Gasteiger partial charge in [-0.3, -0.25) is 4.90 Å². The van der Waals surface area contributed by atoms with Gasteiger partial charge < -0.3 is 0 Å². The third kappa shape index (κ3) is 4.75. The normalized spacial score (nSPS) is 16.4. The van der Waals surface area contributed by atoms with Crippen molar-refractivity contribution in [1.29, 1.82) is 0 Å². The highest BCUT2D eigenvalue weighted by atomic mass is 15.0. The standard InChI is InChI=1S/C12H19N/c1-13(2)11-7-6-10-12-8-4-3-5-9-12/h8H,3-5,9-11H2,1-2H3. The minimum atomic E-state index is 0.882. The topological polar surface area (TPSA) is 3.24 Å². The van der Waals surface area contributed by atoms with E-state index in [4.69, 9.17) is 0 Å². The minimum absolute atomic E-state index is 0.882. The predicted octanol–water partition coefficient (Wildman–Crippen LogP) is 2.44. The van der Waals surface area contributed by atoms with Crippen LogP contribution in [0.25, 0.3) is 0 Å². The van der Waals surface area contributed by atoms with Crippen molar-refractivity contribution < 1.29 is 0 Å². The molecule has 1 aliphatic carbocycles. The Morgan fingerprint density at radius 3 is 2.77 bits per heavy atom. The third-order valence-corrected chi connectivity index (χ3v) is 2.22. The maximum absolute atomic E-state index is 3.23. The summed E-state index contributed by atoms with van der Waals surface area (Å²) in [4.78, 5) is 2.10. The third-order valence-electron chi connectivity index (χ3n) is 2.22. The van der Waals surface area contributed by atoms with Crippen LogP contribution in [0.15, 0.2) is 11.6 Å². The van der Waals surface area contributed by atoms with Crippen LogP contribution in [-0.4, -0.2) is 25.5 Å². The lowest BCUT2D eigenvalue weighted by Crippen LogP contribution is -2.10. The lowest BCUT2D eigenvalue weighted by atomic mass is 9.97. The van der Waals surface area contributed by atoms with Gasteiger partial charge in [0.1, 0.15) is 0 Å². The summed E-state index contributed by atoms with van der Waals surface area (Å²) in [5, 5.41) is 0. The first-order valence-corrected chi connectivity index (χ1v) is 5.07. The molecular formula is C12H19N. The molecule has 72 valence electrons. The smallest absolute Gasteiger partial charge is 0.0596 e. The molecule has 0 fully saturated rings. The van der Waals surface area contributed by atoms with Crippen LogP contribution in [0.1, 0.15) is 32.1 Å². The number of nitrogens with zero attached hydrogens (tertiary/aromatic N) is 1. The SMILES string of the molecule is CN(C)CC#CCC1=CCCCC1. The molecular weight excluding hydrogens is 158 g/mol. The number of allylic oxidation sites excluding steroid dienone is 2. The van der Waals surface area contributed by atoms with Crippen molar-refractivity contribution in [2.45, 2.75) is 32.1 Å². The van der Waals surface area contributed by atoms with Crippen LogP contribution in [0.3, 0.4) is 0 Å². The van der Waals surface area contributed by atoms with E-state index in [-0.39, 0.29) is 0 Å². The Kier molecular flexibility index (Phi) is 4.64. The van der Waals surface area contributed by atoms with E-state index in [9.17, 15) is 0 Å². The summed E-state index contributed by atoms with van der Waals surface area (Å²) in [7, 11) is 4.10. The molecule has 0 unspecified atom stereocenters. The zero-order chi connectivity index (χ0) is 9.52. The van der Waals surface area contributed by atoms with Crippen LogP contribution in [-0.2, 0) is 0 Å². The van der Waals surface area contributed by atoms with Crippen molar-refractivity contribution in [3.05, 3.63) is 11.6 Å². The lowest BCUT2D eigenvalue weighted by Gasteiger charge is -2.09. The molecule has 0 bridgehead atoms. The van der Waals surface area contributed by atoms with Gasteiger partial charge in [0, 0.05) is 6.42 Å². The van der Waals surface area contributed by atoms with Gasteiger partial charge in [-0.1, -0.05) is 23.5 Å². The maximum Gasteiger partial charge on any atom is 0.0596 e. The summed E-state index contributed by atoms with van der Waals surface area (Å²) in [6.07, 6.45) is 8.64. The van der Waals surface area contributed by atoms with Crippen LogP contribution in [0.4, 0.5) is 0 Å². The van der Waals surface area contributed by atoms with Crippen LogP contribution >= 0.6 is 0 Å². The van der Waals surface area contributed by atoms with Gasteiger partial charge in [-0.2, -0.15) is 0 Å². The molecule has 1 heteroatoms. The fourth-order valence-corrected chi connectivity index (χ4v) is 1.46. The second-order valence-corrected chi connectivity index (χ2v) is 3.88. The molecule has 1 rings (SSSR count). The van der Waals surface area contributed by atoms with Gasteiger partial charge in [0.15, 0.2) is 0 Å². The quantitative estimate of drug-likeness (QED) is 0.462. The summed E-state index contributed by atoms with van der Waals surface area (Å²) in [6, 6.07) is 0. The van der Waals surface area contributed by atoms with Crippen LogP contribution in [0.5, 0.6) is 0 Å². The molecule has 1 aliphatic rings. The Labute approximate surface area is 81.8 Å². The number of hydrogen-bond donors (Lipinski definition) is 0. The second-order valence-electron chi connectivity index (χ2n) is 3.88. The van der Waals surface area contributed by atoms with Crippen molar-refractivity contribution in [3.63, 3.8) is 0 Å². The van der Waals surface area contributed by atoms with Crippen molar-refractivity contribution in [1.82, 2.24) is 4.90 Å². The van der Waals surface area contributed by atoms with E-state index in [0.717, 1.165) is 13.0 Å². The van der Waals surface area contributed by atoms with E-state index in [1.54, 1.807) is 5.57 Å². The van der Waals surface area contributed by atoms with Gasteiger partial charge in [0.2, 0.25) is 0 Å². The van der Waals surface area contributed by atoms with Crippen molar-refractivity contribution in [2.75, 3.05) is 20.6 Å². The first-order valence-electron chi connectivity index (χ1n) is 5.07. The fraction of sp³-hybridized carbons (Fsp3) is 0.667. The second kappa shape index (κ2) is 5.83. The highest BCUT2D eigenvalue weighted by molar-refractivity contribution is 5.15. The highest BCUT2D eigenvalue weighted by Crippen LogP contribution is 2.19. The maximum atomic E-state index is 3.23. The Morgan fingerprint density at radius 1 is 1.31 bits per heavy atom. The van der Waals surface area contributed by atoms with E-state index in [0.29, 0.717) is 0 Å².